The van der Waals surface area contributed by atoms with Crippen molar-refractivity contribution in [1.82, 2.24) is 0 Å². The van der Waals surface area contributed by atoms with Crippen molar-refractivity contribution in [2.75, 3.05) is 0 Å². The van der Waals surface area contributed by atoms with E-state index < -0.39 is 15.6 Å². The second kappa shape index (κ2) is 7.14. The van der Waals surface area contributed by atoms with Gasteiger partial charge in [-0.05, 0) is 60.0 Å². The minimum atomic E-state index is -1.29. The van der Waals surface area contributed by atoms with Gasteiger partial charge in [0, 0.05) is 35.4 Å². The summed E-state index contributed by atoms with van der Waals surface area (Å²) in [5.41, 5.74) is 2.86. The third-order valence-electron chi connectivity index (χ3n) is 6.52. The summed E-state index contributed by atoms with van der Waals surface area (Å²) in [6, 6.07) is 13.7. The molecule has 0 fully saturated rings. The largest absolute Gasteiger partial charge is 0.444 e. The number of nitrogens with zero attached hydrogens (tertiary/aromatic N) is 2. The van der Waals surface area contributed by atoms with E-state index in [1.807, 2.05) is 38.1 Å². The summed E-state index contributed by atoms with van der Waals surface area (Å²) in [6.45, 7) is 3.76. The van der Waals surface area contributed by atoms with E-state index in [9.17, 15) is 20.2 Å². The van der Waals surface area contributed by atoms with Crippen LogP contribution in [0.3, 0.4) is 0 Å². The molecule has 0 saturated heterocycles. The first-order valence-corrected chi connectivity index (χ1v) is 11.0. The molecular formula is C27H18N2O6. The predicted octanol–water partition coefficient (Wildman–Crippen LogP) is 6.63. The fraction of sp³-hybridized carbons (Fsp3) is 0.111. The summed E-state index contributed by atoms with van der Waals surface area (Å²) in [5, 5.41) is 25.9. The van der Waals surface area contributed by atoms with Crippen molar-refractivity contribution in [3.63, 3.8) is 0 Å². The normalized spacial score (nSPS) is 14.9. The third kappa shape index (κ3) is 3.00. The molecule has 0 aromatic heterocycles. The molecule has 4 aromatic rings. The van der Waals surface area contributed by atoms with Crippen LogP contribution in [0.2, 0.25) is 0 Å². The van der Waals surface area contributed by atoms with Gasteiger partial charge in [0.15, 0.2) is 0 Å². The standard InChI is InChI=1S/C27H18N2O6/c1-15-13-17-5-3-7-21(28(30)31)23(17)19-9-11-27(34-25(15)19)12-10-20-24-18(14-16(2)26(20)35-27)6-4-8-22(24)29(32)33/h3-14H,1-2H3. The lowest BCUT2D eigenvalue weighted by molar-refractivity contribution is -0.383. The van der Waals surface area contributed by atoms with E-state index in [0.29, 0.717) is 33.4 Å². The van der Waals surface area contributed by atoms with Crippen molar-refractivity contribution in [3.8, 4) is 11.5 Å². The molecule has 4 aromatic carbocycles. The Morgan fingerprint density at radius 3 is 1.54 bits per heavy atom. The Labute approximate surface area is 199 Å². The van der Waals surface area contributed by atoms with Gasteiger partial charge in [-0.15, -0.1) is 0 Å². The van der Waals surface area contributed by atoms with Crippen molar-refractivity contribution in [2.24, 2.45) is 0 Å². The quantitative estimate of drug-likeness (QED) is 0.242. The van der Waals surface area contributed by atoms with Gasteiger partial charge in [-0.3, -0.25) is 20.2 Å². The molecule has 2 heterocycles. The Hall–Kier alpha value is -4.72. The fourth-order valence-electron chi connectivity index (χ4n) is 5.02. The maximum atomic E-state index is 11.7. The molecule has 8 nitrogen and oxygen atoms in total. The predicted molar refractivity (Wildman–Crippen MR) is 133 cm³/mol. The van der Waals surface area contributed by atoms with E-state index >= 15 is 0 Å². The van der Waals surface area contributed by atoms with E-state index in [-0.39, 0.29) is 11.4 Å². The molecule has 172 valence electrons. The zero-order chi connectivity index (χ0) is 24.5. The van der Waals surface area contributed by atoms with Gasteiger partial charge in [0.1, 0.15) is 11.5 Å². The van der Waals surface area contributed by atoms with Gasteiger partial charge in [0.2, 0.25) is 0 Å². The van der Waals surface area contributed by atoms with E-state index in [1.54, 1.807) is 36.4 Å². The van der Waals surface area contributed by atoms with Crippen LogP contribution in [0.15, 0.2) is 60.7 Å². The average Bonchev–Trinajstić information content (AvgIpc) is 2.83. The molecule has 0 aliphatic carbocycles. The lowest BCUT2D eigenvalue weighted by Gasteiger charge is -2.37. The fourth-order valence-corrected chi connectivity index (χ4v) is 5.02. The molecular weight excluding hydrogens is 448 g/mol. The second-order valence-electron chi connectivity index (χ2n) is 8.73. The number of hydrogen-bond acceptors (Lipinski definition) is 6. The average molecular weight is 466 g/mol. The monoisotopic (exact) mass is 466 g/mol. The van der Waals surface area contributed by atoms with Crippen molar-refractivity contribution in [2.45, 2.75) is 19.6 Å². The molecule has 6 rings (SSSR count). The third-order valence-corrected chi connectivity index (χ3v) is 6.52. The molecule has 35 heavy (non-hydrogen) atoms. The summed E-state index contributed by atoms with van der Waals surface area (Å²) >= 11 is 0. The van der Waals surface area contributed by atoms with Crippen LogP contribution in [0.5, 0.6) is 11.5 Å². The minimum absolute atomic E-state index is 0.00280. The van der Waals surface area contributed by atoms with E-state index in [0.717, 1.165) is 21.9 Å². The van der Waals surface area contributed by atoms with Gasteiger partial charge in [-0.2, -0.15) is 0 Å². The van der Waals surface area contributed by atoms with Crippen LogP contribution in [0.1, 0.15) is 22.3 Å². The molecule has 0 bridgehead atoms. The van der Waals surface area contributed by atoms with Gasteiger partial charge in [0.25, 0.3) is 17.2 Å². The topological polar surface area (TPSA) is 105 Å². The number of nitro benzene ring substituents is 2. The number of rotatable bonds is 2. The van der Waals surface area contributed by atoms with E-state index in [4.69, 9.17) is 9.47 Å². The number of fused-ring (bicyclic) bond motifs is 6. The first-order chi connectivity index (χ1) is 16.8. The van der Waals surface area contributed by atoms with Crippen LogP contribution in [0.25, 0.3) is 33.7 Å². The highest BCUT2D eigenvalue weighted by atomic mass is 16.7. The molecule has 8 heteroatoms. The van der Waals surface area contributed by atoms with E-state index in [1.165, 1.54) is 12.1 Å². The number of hydrogen-bond donors (Lipinski definition) is 0. The van der Waals surface area contributed by atoms with Gasteiger partial charge < -0.3 is 9.47 Å². The molecule has 2 aliphatic rings. The maximum absolute atomic E-state index is 11.7. The molecule has 0 atom stereocenters. The molecule has 2 aliphatic heterocycles. The number of benzene rings is 4. The molecule has 0 amide bonds. The van der Waals surface area contributed by atoms with Crippen LogP contribution in [0.4, 0.5) is 11.4 Å². The van der Waals surface area contributed by atoms with Gasteiger partial charge in [-0.25, -0.2) is 0 Å². The van der Waals surface area contributed by atoms with Crippen LogP contribution in [-0.4, -0.2) is 15.6 Å². The molecule has 0 unspecified atom stereocenters. The van der Waals surface area contributed by atoms with Gasteiger partial charge >= 0.3 is 0 Å². The molecule has 0 saturated carbocycles. The SMILES string of the molecule is Cc1cc2cccc([N+](=O)[O-])c2c2c1OC1(C=C2)C=Cc2c(c(C)cc3cccc([N+](=O)[O-])c23)O1. The lowest BCUT2D eigenvalue weighted by Crippen LogP contribution is -2.41. The number of aryl methyl sites for hydroxylation is 2. The highest BCUT2D eigenvalue weighted by Gasteiger charge is 2.39. The van der Waals surface area contributed by atoms with Crippen molar-refractivity contribution in [1.29, 1.82) is 0 Å². The summed E-state index contributed by atoms with van der Waals surface area (Å²) < 4.78 is 12.8. The first-order valence-electron chi connectivity index (χ1n) is 11.0. The summed E-state index contributed by atoms with van der Waals surface area (Å²) in [7, 11) is 0. The van der Waals surface area contributed by atoms with E-state index in [2.05, 4.69) is 0 Å². The van der Waals surface area contributed by atoms with Crippen molar-refractivity contribution in [3.05, 3.63) is 103 Å². The van der Waals surface area contributed by atoms with Crippen LogP contribution >= 0.6 is 0 Å². The lowest BCUT2D eigenvalue weighted by atomic mass is 9.93. The van der Waals surface area contributed by atoms with Crippen LogP contribution in [-0.2, 0) is 0 Å². The summed E-state index contributed by atoms with van der Waals surface area (Å²) in [6.07, 6.45) is 7.01. The second-order valence-corrected chi connectivity index (χ2v) is 8.73. The number of ether oxygens (including phenoxy) is 2. The van der Waals surface area contributed by atoms with Gasteiger partial charge in [-0.1, -0.05) is 24.3 Å². The Morgan fingerprint density at radius 1 is 0.714 bits per heavy atom. The molecule has 1 spiro atoms. The summed E-state index contributed by atoms with van der Waals surface area (Å²) in [4.78, 5) is 22.6. The zero-order valence-corrected chi connectivity index (χ0v) is 18.8. The number of non-ortho nitro benzene ring substituents is 2. The molecule has 0 radical (unpaired) electrons. The Balaban J connectivity index is 1.53. The highest BCUT2D eigenvalue weighted by Crippen LogP contribution is 2.47. The van der Waals surface area contributed by atoms with Crippen molar-refractivity contribution >= 4 is 45.1 Å². The van der Waals surface area contributed by atoms with Gasteiger partial charge in [0.05, 0.1) is 20.6 Å². The van der Waals surface area contributed by atoms with Crippen LogP contribution < -0.4 is 9.47 Å². The smallest absolute Gasteiger partial charge is 0.291 e. The first kappa shape index (κ1) is 20.9. The Morgan fingerprint density at radius 2 is 1.14 bits per heavy atom. The van der Waals surface area contributed by atoms with Crippen LogP contribution in [0, 0.1) is 34.1 Å². The Bertz CT molecular complexity index is 1560. The highest BCUT2D eigenvalue weighted by molar-refractivity contribution is 6.02. The minimum Gasteiger partial charge on any atom is -0.444 e. The summed E-state index contributed by atoms with van der Waals surface area (Å²) in [5.74, 6) is -0.303. The molecule has 0 N–H and O–H groups in total. The zero-order valence-electron chi connectivity index (χ0n) is 18.8. The van der Waals surface area contributed by atoms with Crippen molar-refractivity contribution < 1.29 is 19.3 Å². The Kier molecular flexibility index (Phi) is 4.25. The number of nitro groups is 2. The maximum Gasteiger partial charge on any atom is 0.291 e.